The lowest BCUT2D eigenvalue weighted by Gasteiger charge is -2.08. The highest BCUT2D eigenvalue weighted by molar-refractivity contribution is 6.01. The zero-order valence-electron chi connectivity index (χ0n) is 16.2. The Bertz CT molecular complexity index is 941. The maximum atomic E-state index is 11.8. The van der Waals surface area contributed by atoms with Gasteiger partial charge in [-0.15, -0.1) is 0 Å². The second kappa shape index (κ2) is 10.1. The summed E-state index contributed by atoms with van der Waals surface area (Å²) in [7, 11) is 1.61. The fraction of sp³-hybridized carbons (Fsp3) is 0.250. The summed E-state index contributed by atoms with van der Waals surface area (Å²) in [5.74, 6) is 0.336. The fourth-order valence-electron chi connectivity index (χ4n) is 2.65. The number of nitro groups is 1. The summed E-state index contributed by atoms with van der Waals surface area (Å²) in [4.78, 5) is 27.2. The van der Waals surface area contributed by atoms with E-state index in [0.29, 0.717) is 12.0 Å². The molecule has 1 unspecified atom stereocenters. The van der Waals surface area contributed by atoms with Crippen LogP contribution in [0.15, 0.2) is 58.8 Å². The summed E-state index contributed by atoms with van der Waals surface area (Å²) in [5, 5.41) is 18.5. The Hall–Kier alpha value is -3.79. The second-order valence-corrected chi connectivity index (χ2v) is 6.35. The van der Waals surface area contributed by atoms with Gasteiger partial charge in [-0.1, -0.05) is 5.16 Å². The Balaban J connectivity index is 1.35. The molecule has 1 N–H and O–H groups in total. The molecule has 1 aliphatic heterocycles. The molecule has 0 aromatic heterocycles. The number of methoxy groups -OCH3 is 1. The van der Waals surface area contributed by atoms with E-state index < -0.39 is 10.8 Å². The number of hydrogen-bond acceptors (Lipinski definition) is 8. The zero-order valence-corrected chi connectivity index (χ0v) is 16.2. The molecule has 1 heterocycles. The number of non-ortho nitro benzene ring substituents is 1. The van der Waals surface area contributed by atoms with Crippen LogP contribution in [0.2, 0.25) is 0 Å². The summed E-state index contributed by atoms with van der Waals surface area (Å²) in [5.41, 5.74) is 4.68. The Kier molecular flexibility index (Phi) is 7.06. The minimum Gasteiger partial charge on any atom is -0.497 e. The molecule has 0 radical (unpaired) electrons. The number of nitrogens with zero attached hydrogens (tertiary/aromatic N) is 3. The van der Waals surface area contributed by atoms with Crippen molar-refractivity contribution in [2.75, 3.05) is 20.3 Å². The SMILES string of the molecule is COc1ccc(C2=NOC(COCC(=O)N/N=C/c3ccc([N+](=O)[O-])cc3)C2)cc1. The predicted molar refractivity (Wildman–Crippen MR) is 109 cm³/mol. The molecule has 1 atom stereocenters. The van der Waals surface area contributed by atoms with E-state index in [0.717, 1.165) is 17.0 Å². The first-order valence-electron chi connectivity index (χ1n) is 9.06. The minimum atomic E-state index is -0.487. The van der Waals surface area contributed by atoms with Gasteiger partial charge >= 0.3 is 0 Å². The average Bonchev–Trinajstić information content (AvgIpc) is 3.23. The van der Waals surface area contributed by atoms with Crippen molar-refractivity contribution in [2.24, 2.45) is 10.3 Å². The van der Waals surface area contributed by atoms with Crippen LogP contribution < -0.4 is 10.2 Å². The number of nitrogens with one attached hydrogen (secondary N) is 1. The summed E-state index contributed by atoms with van der Waals surface area (Å²) in [6, 6.07) is 13.3. The molecule has 0 saturated carbocycles. The van der Waals surface area contributed by atoms with E-state index in [1.54, 1.807) is 7.11 Å². The van der Waals surface area contributed by atoms with Crippen molar-refractivity contribution in [3.8, 4) is 5.75 Å². The summed E-state index contributed by atoms with van der Waals surface area (Å²) in [6.45, 7) is 0.0258. The van der Waals surface area contributed by atoms with Crippen LogP contribution in [0.25, 0.3) is 0 Å². The van der Waals surface area contributed by atoms with Gasteiger partial charge in [0.1, 0.15) is 12.4 Å². The Morgan fingerprint density at radius 2 is 2.03 bits per heavy atom. The van der Waals surface area contributed by atoms with Crippen molar-refractivity contribution in [1.82, 2.24) is 5.43 Å². The molecular formula is C20H20N4O6. The van der Waals surface area contributed by atoms with E-state index in [1.165, 1.54) is 30.5 Å². The van der Waals surface area contributed by atoms with Crippen molar-refractivity contribution in [3.05, 3.63) is 69.8 Å². The molecule has 0 bridgehead atoms. The van der Waals surface area contributed by atoms with Crippen molar-refractivity contribution in [3.63, 3.8) is 0 Å². The first-order valence-corrected chi connectivity index (χ1v) is 9.06. The molecule has 10 heteroatoms. The second-order valence-electron chi connectivity index (χ2n) is 6.35. The number of amides is 1. The van der Waals surface area contributed by atoms with E-state index in [4.69, 9.17) is 14.3 Å². The molecule has 0 fully saturated rings. The van der Waals surface area contributed by atoms with Crippen LogP contribution in [0.1, 0.15) is 17.5 Å². The van der Waals surface area contributed by atoms with Gasteiger partial charge in [0.05, 0.1) is 30.6 Å². The lowest BCUT2D eigenvalue weighted by atomic mass is 10.1. The molecular weight excluding hydrogens is 392 g/mol. The first-order chi connectivity index (χ1) is 14.5. The Morgan fingerprint density at radius 3 is 2.70 bits per heavy atom. The Morgan fingerprint density at radius 1 is 1.30 bits per heavy atom. The van der Waals surface area contributed by atoms with Gasteiger partial charge in [-0.25, -0.2) is 5.43 Å². The van der Waals surface area contributed by atoms with Gasteiger partial charge < -0.3 is 14.3 Å². The monoisotopic (exact) mass is 412 g/mol. The van der Waals surface area contributed by atoms with Crippen LogP contribution in [0.3, 0.4) is 0 Å². The predicted octanol–water partition coefficient (Wildman–Crippen LogP) is 2.26. The standard InChI is InChI=1S/C20H20N4O6/c1-28-17-8-4-15(5-9-17)19-10-18(30-23-19)12-29-13-20(25)22-21-11-14-2-6-16(7-3-14)24(26)27/h2-9,11,18H,10,12-13H2,1H3,(H,22,25)/b21-11+. The van der Waals surface area contributed by atoms with Crippen molar-refractivity contribution < 1.29 is 24.0 Å². The molecule has 30 heavy (non-hydrogen) atoms. The topological polar surface area (TPSA) is 125 Å². The van der Waals surface area contributed by atoms with Crippen LogP contribution in [-0.4, -0.2) is 49.2 Å². The summed E-state index contributed by atoms with van der Waals surface area (Å²) in [6.07, 6.45) is 1.70. The van der Waals surface area contributed by atoms with Gasteiger partial charge in [0.25, 0.3) is 11.6 Å². The van der Waals surface area contributed by atoms with Crippen molar-refractivity contribution in [2.45, 2.75) is 12.5 Å². The maximum absolute atomic E-state index is 11.8. The van der Waals surface area contributed by atoms with Gasteiger partial charge in [-0.05, 0) is 47.5 Å². The van der Waals surface area contributed by atoms with Gasteiger partial charge in [-0.3, -0.25) is 14.9 Å². The number of hydrazone groups is 1. The molecule has 3 rings (SSSR count). The molecule has 1 amide bonds. The number of carbonyl (C=O) groups is 1. The van der Waals surface area contributed by atoms with E-state index in [-0.39, 0.29) is 25.0 Å². The Labute approximate surface area is 172 Å². The number of benzene rings is 2. The van der Waals surface area contributed by atoms with Crippen molar-refractivity contribution in [1.29, 1.82) is 0 Å². The zero-order chi connectivity index (χ0) is 21.3. The van der Waals surface area contributed by atoms with Crippen LogP contribution in [0.4, 0.5) is 5.69 Å². The summed E-state index contributed by atoms with van der Waals surface area (Å²) >= 11 is 0. The number of nitro benzene ring substituents is 1. The van der Waals surface area contributed by atoms with E-state index in [9.17, 15) is 14.9 Å². The third-order valence-corrected chi connectivity index (χ3v) is 4.20. The fourth-order valence-corrected chi connectivity index (χ4v) is 2.65. The van der Waals surface area contributed by atoms with Gasteiger partial charge in [0.15, 0.2) is 6.10 Å². The quantitative estimate of drug-likeness (QED) is 0.383. The van der Waals surface area contributed by atoms with Crippen LogP contribution >= 0.6 is 0 Å². The number of oxime groups is 1. The van der Waals surface area contributed by atoms with Gasteiger partial charge in [-0.2, -0.15) is 5.10 Å². The lowest BCUT2D eigenvalue weighted by molar-refractivity contribution is -0.384. The molecule has 0 spiro atoms. The molecule has 1 aliphatic rings. The normalized spacial score (nSPS) is 15.5. The molecule has 156 valence electrons. The minimum absolute atomic E-state index is 0.0159. The van der Waals surface area contributed by atoms with E-state index in [1.807, 2.05) is 24.3 Å². The number of carbonyl (C=O) groups excluding carboxylic acids is 1. The highest BCUT2D eigenvalue weighted by atomic mass is 16.7. The largest absolute Gasteiger partial charge is 0.497 e. The molecule has 0 saturated heterocycles. The molecule has 0 aliphatic carbocycles. The lowest BCUT2D eigenvalue weighted by Crippen LogP contribution is -2.26. The van der Waals surface area contributed by atoms with Crippen LogP contribution in [0.5, 0.6) is 5.75 Å². The average molecular weight is 412 g/mol. The maximum Gasteiger partial charge on any atom is 0.269 e. The molecule has 2 aromatic rings. The third-order valence-electron chi connectivity index (χ3n) is 4.20. The van der Waals surface area contributed by atoms with Crippen molar-refractivity contribution >= 4 is 23.5 Å². The number of hydrogen-bond donors (Lipinski definition) is 1. The van der Waals surface area contributed by atoms with Crippen LogP contribution in [0, 0.1) is 10.1 Å². The van der Waals surface area contributed by atoms with E-state index >= 15 is 0 Å². The molecule has 2 aromatic carbocycles. The van der Waals surface area contributed by atoms with Gasteiger partial charge in [0.2, 0.25) is 0 Å². The van der Waals surface area contributed by atoms with Gasteiger partial charge in [0, 0.05) is 18.6 Å². The third kappa shape index (κ3) is 5.85. The number of rotatable bonds is 9. The first kappa shape index (κ1) is 20.9. The molecule has 10 nitrogen and oxygen atoms in total. The smallest absolute Gasteiger partial charge is 0.269 e. The van der Waals surface area contributed by atoms with Crippen LogP contribution in [-0.2, 0) is 14.4 Å². The van der Waals surface area contributed by atoms with E-state index in [2.05, 4.69) is 15.7 Å². The highest BCUT2D eigenvalue weighted by Gasteiger charge is 2.22. The summed E-state index contributed by atoms with van der Waals surface area (Å²) < 4.78 is 10.5. The highest BCUT2D eigenvalue weighted by Crippen LogP contribution is 2.19. The number of ether oxygens (including phenoxy) is 2.